The van der Waals surface area contributed by atoms with Gasteiger partial charge >= 0.3 is 0 Å². The Morgan fingerprint density at radius 3 is 2.83 bits per heavy atom. The van der Waals surface area contributed by atoms with Gasteiger partial charge in [-0.05, 0) is 25.8 Å². The van der Waals surface area contributed by atoms with E-state index in [1.807, 2.05) is 25.1 Å². The zero-order valence-electron chi connectivity index (χ0n) is 11.0. The molecule has 1 saturated carbocycles. The van der Waals surface area contributed by atoms with Crippen LogP contribution in [0.2, 0.25) is 0 Å². The molecular formula is C14H21NO3. The summed E-state index contributed by atoms with van der Waals surface area (Å²) in [7, 11) is 1.64. The molecule has 0 bridgehead atoms. The zero-order chi connectivity index (χ0) is 13.0. The SMILES string of the molecule is COc1ccc(CNC2CC2)c(OC(C)CO)c1. The fraction of sp³-hybridized carbons (Fsp3) is 0.571. The van der Waals surface area contributed by atoms with E-state index >= 15 is 0 Å². The Balaban J connectivity index is 2.08. The Kier molecular flexibility index (Phi) is 4.44. The van der Waals surface area contributed by atoms with Crippen molar-refractivity contribution in [3.63, 3.8) is 0 Å². The first-order valence-corrected chi connectivity index (χ1v) is 6.40. The van der Waals surface area contributed by atoms with Gasteiger partial charge in [0.25, 0.3) is 0 Å². The molecule has 2 N–H and O–H groups in total. The van der Waals surface area contributed by atoms with Crippen LogP contribution in [0.25, 0.3) is 0 Å². The quantitative estimate of drug-likeness (QED) is 0.774. The second-order valence-corrected chi connectivity index (χ2v) is 4.74. The lowest BCUT2D eigenvalue weighted by Gasteiger charge is -2.17. The minimum Gasteiger partial charge on any atom is -0.497 e. The summed E-state index contributed by atoms with van der Waals surface area (Å²) in [6, 6.07) is 6.47. The topological polar surface area (TPSA) is 50.7 Å². The largest absolute Gasteiger partial charge is 0.497 e. The van der Waals surface area contributed by atoms with Crippen molar-refractivity contribution in [1.29, 1.82) is 0 Å². The smallest absolute Gasteiger partial charge is 0.128 e. The lowest BCUT2D eigenvalue weighted by Crippen LogP contribution is -2.20. The molecule has 1 aliphatic rings. The fourth-order valence-corrected chi connectivity index (χ4v) is 1.71. The lowest BCUT2D eigenvalue weighted by atomic mass is 10.2. The number of aliphatic hydroxyl groups is 1. The zero-order valence-corrected chi connectivity index (χ0v) is 11.0. The van der Waals surface area contributed by atoms with Crippen LogP contribution in [-0.4, -0.2) is 31.0 Å². The Morgan fingerprint density at radius 2 is 2.22 bits per heavy atom. The number of rotatable bonds is 7. The van der Waals surface area contributed by atoms with Gasteiger partial charge in [0.1, 0.15) is 17.6 Å². The van der Waals surface area contributed by atoms with E-state index in [0.29, 0.717) is 6.04 Å². The van der Waals surface area contributed by atoms with Crippen LogP contribution in [0, 0.1) is 0 Å². The van der Waals surface area contributed by atoms with Gasteiger partial charge in [0, 0.05) is 24.2 Å². The van der Waals surface area contributed by atoms with Crippen LogP contribution in [0.4, 0.5) is 0 Å². The third-order valence-corrected chi connectivity index (χ3v) is 3.02. The van der Waals surface area contributed by atoms with Crippen molar-refractivity contribution in [3.8, 4) is 11.5 Å². The minimum atomic E-state index is -0.211. The second kappa shape index (κ2) is 6.07. The van der Waals surface area contributed by atoms with E-state index in [1.54, 1.807) is 7.11 Å². The molecule has 1 atom stereocenters. The monoisotopic (exact) mass is 251 g/mol. The van der Waals surface area contributed by atoms with E-state index in [0.717, 1.165) is 23.6 Å². The van der Waals surface area contributed by atoms with Gasteiger partial charge in [0.05, 0.1) is 13.7 Å². The van der Waals surface area contributed by atoms with E-state index in [2.05, 4.69) is 5.32 Å². The predicted octanol–water partition coefficient (Wildman–Crippen LogP) is 1.71. The molecule has 1 aromatic rings. The van der Waals surface area contributed by atoms with Gasteiger partial charge in [-0.15, -0.1) is 0 Å². The molecule has 2 rings (SSSR count). The Morgan fingerprint density at radius 1 is 1.44 bits per heavy atom. The van der Waals surface area contributed by atoms with Gasteiger partial charge in [0.15, 0.2) is 0 Å². The molecule has 4 heteroatoms. The van der Waals surface area contributed by atoms with Crippen LogP contribution in [0.15, 0.2) is 18.2 Å². The molecule has 0 aromatic heterocycles. The maximum atomic E-state index is 9.07. The van der Waals surface area contributed by atoms with Crippen molar-refractivity contribution in [3.05, 3.63) is 23.8 Å². The number of hydrogen-bond acceptors (Lipinski definition) is 4. The predicted molar refractivity (Wildman–Crippen MR) is 70.0 cm³/mol. The highest BCUT2D eigenvalue weighted by molar-refractivity contribution is 5.41. The van der Waals surface area contributed by atoms with Crippen LogP contribution in [0.3, 0.4) is 0 Å². The van der Waals surface area contributed by atoms with Gasteiger partial charge in [0.2, 0.25) is 0 Å². The van der Waals surface area contributed by atoms with Crippen LogP contribution in [0.5, 0.6) is 11.5 Å². The minimum absolute atomic E-state index is 0.00665. The molecule has 1 aromatic carbocycles. The molecule has 0 aliphatic heterocycles. The summed E-state index contributed by atoms with van der Waals surface area (Å²) in [5, 5.41) is 12.5. The number of methoxy groups -OCH3 is 1. The number of aliphatic hydroxyl groups excluding tert-OH is 1. The van der Waals surface area contributed by atoms with Crippen LogP contribution in [0.1, 0.15) is 25.3 Å². The molecule has 100 valence electrons. The summed E-state index contributed by atoms with van der Waals surface area (Å²) in [6.45, 7) is 2.65. The molecule has 18 heavy (non-hydrogen) atoms. The van der Waals surface area contributed by atoms with Gasteiger partial charge in [-0.25, -0.2) is 0 Å². The molecule has 0 radical (unpaired) electrons. The van der Waals surface area contributed by atoms with Gasteiger partial charge in [-0.1, -0.05) is 6.07 Å². The highest BCUT2D eigenvalue weighted by Crippen LogP contribution is 2.27. The van der Waals surface area contributed by atoms with Crippen molar-refractivity contribution in [2.24, 2.45) is 0 Å². The van der Waals surface area contributed by atoms with Crippen molar-refractivity contribution < 1.29 is 14.6 Å². The Labute approximate surface area is 108 Å². The molecule has 1 aliphatic carbocycles. The van der Waals surface area contributed by atoms with E-state index in [4.69, 9.17) is 14.6 Å². The molecule has 1 unspecified atom stereocenters. The normalized spacial score (nSPS) is 16.4. The van der Waals surface area contributed by atoms with E-state index in [-0.39, 0.29) is 12.7 Å². The van der Waals surface area contributed by atoms with E-state index in [9.17, 15) is 0 Å². The van der Waals surface area contributed by atoms with Gasteiger partial charge < -0.3 is 19.9 Å². The number of hydrogen-bond donors (Lipinski definition) is 2. The van der Waals surface area contributed by atoms with Crippen molar-refractivity contribution >= 4 is 0 Å². The first-order valence-electron chi connectivity index (χ1n) is 6.40. The van der Waals surface area contributed by atoms with E-state index in [1.165, 1.54) is 12.8 Å². The Hall–Kier alpha value is -1.26. The van der Waals surface area contributed by atoms with Gasteiger partial charge in [-0.2, -0.15) is 0 Å². The number of ether oxygens (including phenoxy) is 2. The number of nitrogens with one attached hydrogen (secondary N) is 1. The van der Waals surface area contributed by atoms with Gasteiger partial charge in [-0.3, -0.25) is 0 Å². The summed E-state index contributed by atoms with van der Waals surface area (Å²) in [5.74, 6) is 1.55. The molecule has 4 nitrogen and oxygen atoms in total. The van der Waals surface area contributed by atoms with Crippen molar-refractivity contribution in [2.75, 3.05) is 13.7 Å². The molecule has 0 saturated heterocycles. The molecular weight excluding hydrogens is 230 g/mol. The summed E-state index contributed by atoms with van der Waals surface area (Å²) >= 11 is 0. The third kappa shape index (κ3) is 3.62. The third-order valence-electron chi connectivity index (χ3n) is 3.02. The summed E-state index contributed by atoms with van der Waals surface area (Å²) in [6.07, 6.45) is 2.32. The molecule has 0 spiro atoms. The number of benzene rings is 1. The van der Waals surface area contributed by atoms with E-state index < -0.39 is 0 Å². The maximum absolute atomic E-state index is 9.07. The average molecular weight is 251 g/mol. The summed E-state index contributed by atoms with van der Waals surface area (Å²) in [4.78, 5) is 0. The fourth-order valence-electron chi connectivity index (χ4n) is 1.71. The van der Waals surface area contributed by atoms with Crippen LogP contribution in [-0.2, 0) is 6.54 Å². The maximum Gasteiger partial charge on any atom is 0.128 e. The average Bonchev–Trinajstić information content (AvgIpc) is 3.21. The summed E-state index contributed by atoms with van der Waals surface area (Å²) in [5.41, 5.74) is 1.10. The standard InChI is InChI=1S/C14H21NO3/c1-10(9-16)18-14-7-13(17-2)6-3-11(14)8-15-12-4-5-12/h3,6-7,10,12,15-16H,4-5,8-9H2,1-2H3. The second-order valence-electron chi connectivity index (χ2n) is 4.74. The molecule has 0 amide bonds. The van der Waals surface area contributed by atoms with Crippen molar-refractivity contribution in [1.82, 2.24) is 5.32 Å². The highest BCUT2D eigenvalue weighted by atomic mass is 16.5. The highest BCUT2D eigenvalue weighted by Gasteiger charge is 2.21. The first kappa shape index (κ1) is 13.2. The first-order chi connectivity index (χ1) is 8.72. The summed E-state index contributed by atoms with van der Waals surface area (Å²) < 4.78 is 10.9. The van der Waals surface area contributed by atoms with Crippen molar-refractivity contribution in [2.45, 2.75) is 38.5 Å². The molecule has 0 heterocycles. The molecule has 1 fully saturated rings. The van der Waals surface area contributed by atoms with Crippen LogP contribution < -0.4 is 14.8 Å². The Bertz CT molecular complexity index is 391. The van der Waals surface area contributed by atoms with Crippen LogP contribution >= 0.6 is 0 Å². The lowest BCUT2D eigenvalue weighted by molar-refractivity contribution is 0.128.